The molecule has 0 spiro atoms. The first kappa shape index (κ1) is 14.8. The normalized spacial score (nSPS) is 23.7. The molecule has 2 atom stereocenters. The summed E-state index contributed by atoms with van der Waals surface area (Å²) in [4.78, 5) is 6.94. The van der Waals surface area contributed by atoms with Crippen LogP contribution in [0.2, 0.25) is 0 Å². The molecule has 2 heterocycles. The Kier molecular flexibility index (Phi) is 5.19. The van der Waals surface area contributed by atoms with Gasteiger partial charge in [-0.2, -0.15) is 0 Å². The maximum atomic E-state index is 5.79. The molecule has 0 aromatic carbocycles. The molecule has 0 radical (unpaired) electrons. The largest absolute Gasteiger partial charge is 0.372 e. The smallest absolute Gasteiger partial charge is 0.133 e. The van der Waals surface area contributed by atoms with Crippen molar-refractivity contribution in [3.8, 4) is 0 Å². The number of halogens is 1. The van der Waals surface area contributed by atoms with Gasteiger partial charge in [0.15, 0.2) is 0 Å². The van der Waals surface area contributed by atoms with Gasteiger partial charge in [-0.1, -0.05) is 6.92 Å². The summed E-state index contributed by atoms with van der Waals surface area (Å²) in [5.41, 5.74) is 1.23. The molecule has 0 saturated carbocycles. The molecular weight excluding hydrogens is 306 g/mol. The highest BCUT2D eigenvalue weighted by atomic mass is 79.9. The highest BCUT2D eigenvalue weighted by molar-refractivity contribution is 9.10. The summed E-state index contributed by atoms with van der Waals surface area (Å²) in [6, 6.07) is 2.15. The van der Waals surface area contributed by atoms with Crippen LogP contribution in [0.25, 0.3) is 0 Å². The highest BCUT2D eigenvalue weighted by Crippen LogP contribution is 2.24. The van der Waals surface area contributed by atoms with Crippen molar-refractivity contribution >= 4 is 21.7 Å². The second-order valence-electron chi connectivity index (χ2n) is 5.08. The second-order valence-corrected chi connectivity index (χ2v) is 5.99. The molecular formula is C14H22BrN3O. The maximum Gasteiger partial charge on any atom is 0.133 e. The topological polar surface area (TPSA) is 37.4 Å². The predicted molar refractivity (Wildman–Crippen MR) is 81.5 cm³/mol. The van der Waals surface area contributed by atoms with Crippen molar-refractivity contribution < 1.29 is 4.74 Å². The Labute approximate surface area is 123 Å². The fraction of sp³-hybridized carbons (Fsp3) is 0.643. The lowest BCUT2D eigenvalue weighted by atomic mass is 10.2. The number of aromatic nitrogens is 1. The quantitative estimate of drug-likeness (QED) is 0.922. The molecule has 0 aliphatic carbocycles. The second kappa shape index (κ2) is 6.68. The average Bonchev–Trinajstić information content (AvgIpc) is 2.35. The fourth-order valence-corrected chi connectivity index (χ4v) is 2.88. The molecule has 0 amide bonds. The number of rotatable bonds is 4. The monoisotopic (exact) mass is 327 g/mol. The van der Waals surface area contributed by atoms with Crippen LogP contribution in [0.4, 0.5) is 5.82 Å². The van der Waals surface area contributed by atoms with E-state index in [1.165, 1.54) is 5.56 Å². The summed E-state index contributed by atoms with van der Waals surface area (Å²) in [5.74, 6) is 1.08. The number of ether oxygens (including phenoxy) is 1. The Morgan fingerprint density at radius 1 is 1.42 bits per heavy atom. The van der Waals surface area contributed by atoms with Gasteiger partial charge >= 0.3 is 0 Å². The SMILES string of the molecule is CCNCc1cc(Br)cnc1N1CC(C)OC(C)C1. The van der Waals surface area contributed by atoms with Crippen LogP contribution < -0.4 is 10.2 Å². The van der Waals surface area contributed by atoms with Crippen molar-refractivity contribution in [2.75, 3.05) is 24.5 Å². The van der Waals surface area contributed by atoms with E-state index in [1.54, 1.807) is 0 Å². The molecule has 4 nitrogen and oxygen atoms in total. The van der Waals surface area contributed by atoms with E-state index in [0.717, 1.165) is 36.5 Å². The van der Waals surface area contributed by atoms with Crippen molar-refractivity contribution in [2.24, 2.45) is 0 Å². The average molecular weight is 328 g/mol. The minimum Gasteiger partial charge on any atom is -0.372 e. The number of hydrogen-bond donors (Lipinski definition) is 1. The lowest BCUT2D eigenvalue weighted by molar-refractivity contribution is -0.00551. The Morgan fingerprint density at radius 2 is 2.11 bits per heavy atom. The van der Waals surface area contributed by atoms with Crippen LogP contribution in [0.3, 0.4) is 0 Å². The molecule has 106 valence electrons. The number of pyridine rings is 1. The maximum absolute atomic E-state index is 5.79. The van der Waals surface area contributed by atoms with E-state index in [-0.39, 0.29) is 12.2 Å². The third kappa shape index (κ3) is 3.91. The van der Waals surface area contributed by atoms with Gasteiger partial charge in [0.1, 0.15) is 5.82 Å². The Morgan fingerprint density at radius 3 is 2.74 bits per heavy atom. The standard InChI is InChI=1S/C14H22BrN3O/c1-4-16-6-12-5-13(15)7-17-14(12)18-8-10(2)19-11(3)9-18/h5,7,10-11,16H,4,6,8-9H2,1-3H3. The zero-order valence-corrected chi connectivity index (χ0v) is 13.4. The molecule has 1 N–H and O–H groups in total. The van der Waals surface area contributed by atoms with Gasteiger partial charge in [-0.25, -0.2) is 4.98 Å². The number of nitrogens with zero attached hydrogens (tertiary/aromatic N) is 2. The summed E-state index contributed by atoms with van der Waals surface area (Å²) in [5, 5.41) is 3.37. The van der Waals surface area contributed by atoms with E-state index in [2.05, 4.69) is 58.0 Å². The molecule has 1 fully saturated rings. The van der Waals surface area contributed by atoms with Gasteiger partial charge in [0, 0.05) is 35.9 Å². The lowest BCUT2D eigenvalue weighted by Crippen LogP contribution is -2.46. The number of hydrogen-bond acceptors (Lipinski definition) is 4. The Hall–Kier alpha value is -0.650. The third-order valence-corrected chi connectivity index (χ3v) is 3.63. The summed E-state index contributed by atoms with van der Waals surface area (Å²) in [7, 11) is 0. The van der Waals surface area contributed by atoms with Gasteiger partial charge in [-0.15, -0.1) is 0 Å². The van der Waals surface area contributed by atoms with Crippen molar-refractivity contribution in [1.82, 2.24) is 10.3 Å². The zero-order chi connectivity index (χ0) is 13.8. The molecule has 0 bridgehead atoms. The Balaban J connectivity index is 2.22. The summed E-state index contributed by atoms with van der Waals surface area (Å²) in [6.07, 6.45) is 2.37. The summed E-state index contributed by atoms with van der Waals surface area (Å²) < 4.78 is 6.81. The number of anilines is 1. The highest BCUT2D eigenvalue weighted by Gasteiger charge is 2.24. The molecule has 1 aromatic heterocycles. The molecule has 2 unspecified atom stereocenters. The van der Waals surface area contributed by atoms with Gasteiger partial charge < -0.3 is 15.0 Å². The third-order valence-electron chi connectivity index (χ3n) is 3.19. The van der Waals surface area contributed by atoms with Crippen molar-refractivity contribution in [2.45, 2.75) is 39.5 Å². The van der Waals surface area contributed by atoms with E-state index < -0.39 is 0 Å². The lowest BCUT2D eigenvalue weighted by Gasteiger charge is -2.37. The predicted octanol–water partition coefficient (Wildman–Crippen LogP) is 2.57. The fourth-order valence-electron chi connectivity index (χ4n) is 2.50. The first-order valence-corrected chi connectivity index (χ1v) is 7.65. The van der Waals surface area contributed by atoms with E-state index in [4.69, 9.17) is 4.74 Å². The minimum absolute atomic E-state index is 0.251. The van der Waals surface area contributed by atoms with E-state index in [9.17, 15) is 0 Å². The molecule has 1 aromatic rings. The van der Waals surface area contributed by atoms with Crippen molar-refractivity contribution in [1.29, 1.82) is 0 Å². The van der Waals surface area contributed by atoms with Crippen molar-refractivity contribution in [3.63, 3.8) is 0 Å². The van der Waals surface area contributed by atoms with E-state index in [0.29, 0.717) is 0 Å². The van der Waals surface area contributed by atoms with Crippen LogP contribution in [0.1, 0.15) is 26.3 Å². The first-order valence-electron chi connectivity index (χ1n) is 6.85. The molecule has 19 heavy (non-hydrogen) atoms. The van der Waals surface area contributed by atoms with Gasteiger partial charge in [-0.05, 0) is 42.4 Å². The van der Waals surface area contributed by atoms with E-state index in [1.807, 2.05) is 6.20 Å². The van der Waals surface area contributed by atoms with Crippen LogP contribution >= 0.6 is 15.9 Å². The van der Waals surface area contributed by atoms with Crippen molar-refractivity contribution in [3.05, 3.63) is 22.3 Å². The molecule has 1 saturated heterocycles. The number of nitrogens with one attached hydrogen (secondary N) is 1. The summed E-state index contributed by atoms with van der Waals surface area (Å²) >= 11 is 3.50. The molecule has 2 rings (SSSR count). The van der Waals surface area contributed by atoms with Gasteiger partial charge in [-0.3, -0.25) is 0 Å². The zero-order valence-electron chi connectivity index (χ0n) is 11.8. The number of morpholine rings is 1. The molecule has 1 aliphatic rings. The van der Waals surface area contributed by atoms with Crippen LogP contribution in [0, 0.1) is 0 Å². The molecule has 1 aliphatic heterocycles. The van der Waals surface area contributed by atoms with E-state index >= 15 is 0 Å². The first-order chi connectivity index (χ1) is 9.10. The van der Waals surface area contributed by atoms with Gasteiger partial charge in [0.2, 0.25) is 0 Å². The van der Waals surface area contributed by atoms with Crippen LogP contribution in [-0.4, -0.2) is 36.8 Å². The minimum atomic E-state index is 0.251. The van der Waals surface area contributed by atoms with Crippen LogP contribution in [0.15, 0.2) is 16.7 Å². The Bertz CT molecular complexity index is 417. The summed E-state index contributed by atoms with van der Waals surface area (Å²) in [6.45, 7) is 9.96. The molecule has 5 heteroatoms. The van der Waals surface area contributed by atoms with Gasteiger partial charge in [0.25, 0.3) is 0 Å². The van der Waals surface area contributed by atoms with Crippen LogP contribution in [0.5, 0.6) is 0 Å². The van der Waals surface area contributed by atoms with Crippen LogP contribution in [-0.2, 0) is 11.3 Å². The van der Waals surface area contributed by atoms with Gasteiger partial charge in [0.05, 0.1) is 12.2 Å².